The third-order valence-corrected chi connectivity index (χ3v) is 2.29. The summed E-state index contributed by atoms with van der Waals surface area (Å²) in [5.41, 5.74) is 2.28. The maximum atomic E-state index is 10.2. The number of benzene rings is 1. The van der Waals surface area contributed by atoms with E-state index < -0.39 is 0 Å². The fraction of sp³-hybridized carbons (Fsp3) is 0.462. The molecule has 0 N–H and O–H groups in total. The third kappa shape index (κ3) is 4.03. The lowest BCUT2D eigenvalue weighted by Crippen LogP contribution is -2.01. The van der Waals surface area contributed by atoms with Gasteiger partial charge in [0, 0.05) is 6.61 Å². The average molecular weight is 222 g/mol. The summed E-state index contributed by atoms with van der Waals surface area (Å²) in [7, 11) is 0. The molecule has 3 heteroatoms. The van der Waals surface area contributed by atoms with E-state index in [0.29, 0.717) is 0 Å². The van der Waals surface area contributed by atoms with Crippen LogP contribution >= 0.6 is 0 Å². The van der Waals surface area contributed by atoms with Gasteiger partial charge in [-0.3, -0.25) is 4.79 Å². The summed E-state index contributed by atoms with van der Waals surface area (Å²) in [5, 5.41) is 0. The van der Waals surface area contributed by atoms with Crippen molar-refractivity contribution in [3.05, 3.63) is 29.3 Å². The molecule has 0 aromatic heterocycles. The molecule has 0 saturated carbocycles. The van der Waals surface area contributed by atoms with E-state index in [-0.39, 0.29) is 6.61 Å². The monoisotopic (exact) mass is 222 g/mol. The van der Waals surface area contributed by atoms with Crippen molar-refractivity contribution in [2.75, 3.05) is 19.8 Å². The van der Waals surface area contributed by atoms with E-state index >= 15 is 0 Å². The summed E-state index contributed by atoms with van der Waals surface area (Å²) < 4.78 is 10.6. The summed E-state index contributed by atoms with van der Waals surface area (Å²) in [4.78, 5) is 10.2. The molecule has 1 aromatic rings. The third-order valence-electron chi connectivity index (χ3n) is 2.29. The Hall–Kier alpha value is -1.35. The Balaban J connectivity index is 2.56. The normalized spacial score (nSPS) is 10.1. The van der Waals surface area contributed by atoms with Gasteiger partial charge in [0.25, 0.3) is 0 Å². The number of ether oxygens (including phenoxy) is 2. The van der Waals surface area contributed by atoms with Crippen LogP contribution in [0.3, 0.4) is 0 Å². The summed E-state index contributed by atoms with van der Waals surface area (Å²) in [6.45, 7) is 5.56. The highest BCUT2D eigenvalue weighted by molar-refractivity contribution is 5.51. The quantitative estimate of drug-likeness (QED) is 0.524. The predicted octanol–water partition coefficient (Wildman–Crippen LogP) is 2.15. The van der Waals surface area contributed by atoms with Crippen LogP contribution in [0.5, 0.6) is 5.75 Å². The topological polar surface area (TPSA) is 35.5 Å². The van der Waals surface area contributed by atoms with Crippen LogP contribution in [-0.4, -0.2) is 26.1 Å². The second kappa shape index (κ2) is 7.01. The van der Waals surface area contributed by atoms with E-state index in [9.17, 15) is 4.79 Å². The van der Waals surface area contributed by atoms with Gasteiger partial charge >= 0.3 is 0 Å². The van der Waals surface area contributed by atoms with Crippen molar-refractivity contribution >= 4 is 6.29 Å². The second-order valence-electron chi connectivity index (χ2n) is 3.52. The first-order chi connectivity index (χ1) is 7.77. The molecule has 0 saturated heterocycles. The highest BCUT2D eigenvalue weighted by Crippen LogP contribution is 2.19. The van der Waals surface area contributed by atoms with Gasteiger partial charge < -0.3 is 9.47 Å². The van der Waals surface area contributed by atoms with E-state index in [0.717, 1.165) is 37.2 Å². The number of hydrogen-bond acceptors (Lipinski definition) is 3. The van der Waals surface area contributed by atoms with Crippen LogP contribution in [0.2, 0.25) is 0 Å². The van der Waals surface area contributed by atoms with Crippen LogP contribution in [0.1, 0.15) is 18.1 Å². The van der Waals surface area contributed by atoms with E-state index in [1.165, 1.54) is 5.56 Å². The largest absolute Gasteiger partial charge is 0.486 e. The highest BCUT2D eigenvalue weighted by Gasteiger charge is 2.01. The zero-order valence-electron chi connectivity index (χ0n) is 9.86. The van der Waals surface area contributed by atoms with Crippen molar-refractivity contribution in [2.24, 2.45) is 0 Å². The molecular formula is C13H18O3. The predicted molar refractivity (Wildman–Crippen MR) is 62.9 cm³/mol. The first-order valence-electron chi connectivity index (χ1n) is 5.51. The number of aryl methyl sites for hydroxylation is 1. The Morgan fingerprint density at radius 3 is 2.81 bits per heavy atom. The van der Waals surface area contributed by atoms with Gasteiger partial charge in [0.05, 0.1) is 6.61 Å². The number of rotatable bonds is 7. The Morgan fingerprint density at radius 1 is 1.38 bits per heavy atom. The summed E-state index contributed by atoms with van der Waals surface area (Å²) in [6.07, 6.45) is 1.66. The Labute approximate surface area is 96.4 Å². The van der Waals surface area contributed by atoms with Crippen molar-refractivity contribution in [3.63, 3.8) is 0 Å². The molecule has 0 radical (unpaired) electrons. The molecule has 0 aliphatic carbocycles. The van der Waals surface area contributed by atoms with Crippen LogP contribution < -0.4 is 4.74 Å². The van der Waals surface area contributed by atoms with Gasteiger partial charge in [-0.25, -0.2) is 0 Å². The Kier molecular flexibility index (Phi) is 5.57. The molecular weight excluding hydrogens is 204 g/mol. The number of carbonyl (C=O) groups excluding carboxylic acids is 1. The van der Waals surface area contributed by atoms with Crippen molar-refractivity contribution in [3.8, 4) is 5.75 Å². The summed E-state index contributed by atoms with van der Waals surface area (Å²) in [5.74, 6) is 0.771. The minimum atomic E-state index is 0.110. The second-order valence-corrected chi connectivity index (χ2v) is 3.52. The van der Waals surface area contributed by atoms with Crippen LogP contribution in [0.25, 0.3) is 0 Å². The van der Waals surface area contributed by atoms with Crippen LogP contribution in [0.15, 0.2) is 18.2 Å². The molecule has 0 heterocycles. The fourth-order valence-corrected chi connectivity index (χ4v) is 1.49. The molecule has 0 aliphatic rings. The number of hydrogen-bond donors (Lipinski definition) is 0. The van der Waals surface area contributed by atoms with Crippen molar-refractivity contribution in [1.29, 1.82) is 0 Å². The maximum absolute atomic E-state index is 10.2. The minimum absolute atomic E-state index is 0.110. The molecule has 0 bridgehead atoms. The fourth-order valence-electron chi connectivity index (χ4n) is 1.49. The smallest absolute Gasteiger partial charge is 0.157 e. The number of carbonyl (C=O) groups is 1. The summed E-state index contributed by atoms with van der Waals surface area (Å²) in [6, 6.07) is 5.98. The van der Waals surface area contributed by atoms with E-state index in [1.54, 1.807) is 0 Å². The lowest BCUT2D eigenvalue weighted by Gasteiger charge is -2.08. The van der Waals surface area contributed by atoms with E-state index in [1.807, 2.05) is 26.0 Å². The molecule has 1 rings (SSSR count). The molecule has 0 fully saturated rings. The maximum Gasteiger partial charge on any atom is 0.157 e. The van der Waals surface area contributed by atoms with Crippen LogP contribution in [-0.2, 0) is 16.0 Å². The SMILES string of the molecule is CCOCCc1ccc(OCC=O)c(C)c1. The van der Waals surface area contributed by atoms with E-state index in [2.05, 4.69) is 6.07 Å². The van der Waals surface area contributed by atoms with Gasteiger partial charge in [0.15, 0.2) is 6.29 Å². The van der Waals surface area contributed by atoms with Crippen molar-refractivity contribution in [1.82, 2.24) is 0 Å². The standard InChI is InChI=1S/C13H18O3/c1-3-15-8-6-12-4-5-13(11(2)10-12)16-9-7-14/h4-5,7,10H,3,6,8-9H2,1-2H3. The van der Waals surface area contributed by atoms with Crippen LogP contribution in [0, 0.1) is 6.92 Å². The molecule has 0 aliphatic heterocycles. The van der Waals surface area contributed by atoms with Crippen molar-refractivity contribution < 1.29 is 14.3 Å². The Morgan fingerprint density at radius 2 is 2.19 bits per heavy atom. The first-order valence-corrected chi connectivity index (χ1v) is 5.51. The molecule has 1 aromatic carbocycles. The highest BCUT2D eigenvalue weighted by atomic mass is 16.5. The van der Waals surface area contributed by atoms with Gasteiger partial charge in [-0.05, 0) is 37.5 Å². The molecule has 88 valence electrons. The molecule has 0 amide bonds. The average Bonchev–Trinajstić information content (AvgIpc) is 2.28. The molecule has 16 heavy (non-hydrogen) atoms. The first kappa shape index (κ1) is 12.7. The van der Waals surface area contributed by atoms with Gasteiger partial charge in [-0.15, -0.1) is 0 Å². The lowest BCUT2D eigenvalue weighted by molar-refractivity contribution is -0.109. The van der Waals surface area contributed by atoms with Gasteiger partial charge in [0.1, 0.15) is 12.4 Å². The zero-order chi connectivity index (χ0) is 11.8. The summed E-state index contributed by atoms with van der Waals surface area (Å²) >= 11 is 0. The number of aldehydes is 1. The molecule has 3 nitrogen and oxygen atoms in total. The van der Waals surface area contributed by atoms with Gasteiger partial charge in [0.2, 0.25) is 0 Å². The lowest BCUT2D eigenvalue weighted by atomic mass is 10.1. The molecule has 0 spiro atoms. The van der Waals surface area contributed by atoms with Crippen molar-refractivity contribution in [2.45, 2.75) is 20.3 Å². The minimum Gasteiger partial charge on any atom is -0.486 e. The van der Waals surface area contributed by atoms with Gasteiger partial charge in [-0.1, -0.05) is 12.1 Å². The van der Waals surface area contributed by atoms with Crippen LogP contribution in [0.4, 0.5) is 0 Å². The Bertz CT molecular complexity index is 334. The molecule has 0 atom stereocenters. The van der Waals surface area contributed by atoms with E-state index in [4.69, 9.17) is 9.47 Å². The van der Waals surface area contributed by atoms with Gasteiger partial charge in [-0.2, -0.15) is 0 Å². The zero-order valence-corrected chi connectivity index (χ0v) is 9.86. The molecule has 0 unspecified atom stereocenters.